The first-order valence-corrected chi connectivity index (χ1v) is 4.98. The molecule has 0 heterocycles. The van der Waals surface area contributed by atoms with E-state index in [0.717, 1.165) is 0 Å². The molecule has 1 amide bonds. The second-order valence-corrected chi connectivity index (χ2v) is 3.72. The van der Waals surface area contributed by atoms with Crippen LogP contribution in [-0.2, 0) is 0 Å². The van der Waals surface area contributed by atoms with Crippen LogP contribution in [0.25, 0.3) is 0 Å². The monoisotopic (exact) mass is 218 g/mol. The van der Waals surface area contributed by atoms with Crippen LogP contribution >= 0.6 is 0 Å². The number of nitriles is 1. The number of nitrogens with zero attached hydrogens (tertiary/aromatic N) is 2. The van der Waals surface area contributed by atoms with E-state index < -0.39 is 6.10 Å². The minimum absolute atomic E-state index is 0.162. The lowest BCUT2D eigenvalue weighted by molar-refractivity contribution is 0.0703. The molecule has 0 aliphatic rings. The van der Waals surface area contributed by atoms with Crippen molar-refractivity contribution in [3.63, 3.8) is 0 Å². The average molecular weight is 218 g/mol. The fraction of sp³-hybridized carbons (Fsp3) is 0.333. The highest BCUT2D eigenvalue weighted by Crippen LogP contribution is 2.06. The van der Waals surface area contributed by atoms with Crippen LogP contribution in [-0.4, -0.2) is 35.6 Å². The summed E-state index contributed by atoms with van der Waals surface area (Å²) in [4.78, 5) is 13.3. The Labute approximate surface area is 94.7 Å². The highest BCUT2D eigenvalue weighted by molar-refractivity contribution is 5.94. The van der Waals surface area contributed by atoms with Crippen molar-refractivity contribution < 1.29 is 9.90 Å². The second kappa shape index (κ2) is 5.29. The minimum Gasteiger partial charge on any atom is -0.392 e. The summed E-state index contributed by atoms with van der Waals surface area (Å²) in [5.41, 5.74) is 1.04. The summed E-state index contributed by atoms with van der Waals surface area (Å²) >= 11 is 0. The van der Waals surface area contributed by atoms with E-state index in [4.69, 9.17) is 10.4 Å². The molecule has 1 aromatic rings. The Morgan fingerprint density at radius 2 is 2.06 bits per heavy atom. The number of aliphatic hydroxyl groups is 1. The van der Waals surface area contributed by atoms with Gasteiger partial charge in [-0.1, -0.05) is 0 Å². The summed E-state index contributed by atoms with van der Waals surface area (Å²) in [7, 11) is 1.63. The maximum atomic E-state index is 11.8. The number of aliphatic hydroxyl groups excluding tert-OH is 1. The van der Waals surface area contributed by atoms with Crippen LogP contribution in [0.15, 0.2) is 24.3 Å². The summed E-state index contributed by atoms with van der Waals surface area (Å²) in [5, 5.41) is 17.8. The first-order valence-electron chi connectivity index (χ1n) is 4.98. The number of likely N-dealkylation sites (N-methyl/N-ethyl adjacent to an activating group) is 1. The third kappa shape index (κ3) is 3.07. The zero-order valence-corrected chi connectivity index (χ0v) is 9.34. The van der Waals surface area contributed by atoms with E-state index in [2.05, 4.69) is 0 Å². The Morgan fingerprint density at radius 1 is 1.50 bits per heavy atom. The number of carbonyl (C=O) groups is 1. The molecular formula is C12H14N2O2. The van der Waals surface area contributed by atoms with Gasteiger partial charge in [-0.05, 0) is 31.2 Å². The lowest BCUT2D eigenvalue weighted by atomic mass is 10.1. The van der Waals surface area contributed by atoms with E-state index in [1.807, 2.05) is 6.07 Å². The van der Waals surface area contributed by atoms with Gasteiger partial charge in [0, 0.05) is 19.2 Å². The van der Waals surface area contributed by atoms with Crippen molar-refractivity contribution in [3.8, 4) is 6.07 Å². The Bertz CT molecular complexity index is 404. The number of rotatable bonds is 3. The van der Waals surface area contributed by atoms with Gasteiger partial charge in [0.2, 0.25) is 0 Å². The van der Waals surface area contributed by atoms with Crippen molar-refractivity contribution in [3.05, 3.63) is 35.4 Å². The van der Waals surface area contributed by atoms with Crippen LogP contribution in [0, 0.1) is 11.3 Å². The number of hydrogen-bond donors (Lipinski definition) is 1. The quantitative estimate of drug-likeness (QED) is 0.823. The van der Waals surface area contributed by atoms with Crippen molar-refractivity contribution in [1.29, 1.82) is 5.26 Å². The second-order valence-electron chi connectivity index (χ2n) is 3.72. The lowest BCUT2D eigenvalue weighted by Gasteiger charge is -2.18. The molecule has 1 rings (SSSR count). The molecule has 0 saturated carbocycles. The normalized spacial score (nSPS) is 11.6. The molecule has 4 heteroatoms. The summed E-state index contributed by atoms with van der Waals surface area (Å²) in [6, 6.07) is 8.41. The number of hydrogen-bond acceptors (Lipinski definition) is 3. The molecule has 16 heavy (non-hydrogen) atoms. The van der Waals surface area contributed by atoms with Crippen molar-refractivity contribution in [2.24, 2.45) is 0 Å². The molecule has 0 aliphatic heterocycles. The van der Waals surface area contributed by atoms with Crippen LogP contribution in [0.1, 0.15) is 22.8 Å². The Kier molecular flexibility index (Phi) is 4.03. The highest BCUT2D eigenvalue weighted by atomic mass is 16.3. The number of amides is 1. The summed E-state index contributed by atoms with van der Waals surface area (Å²) < 4.78 is 0. The van der Waals surface area contributed by atoms with Crippen molar-refractivity contribution >= 4 is 5.91 Å². The van der Waals surface area contributed by atoms with Gasteiger partial charge >= 0.3 is 0 Å². The predicted molar refractivity (Wildman–Crippen MR) is 59.8 cm³/mol. The summed E-state index contributed by atoms with van der Waals surface area (Å²) in [6.07, 6.45) is -0.549. The molecule has 1 N–H and O–H groups in total. The largest absolute Gasteiger partial charge is 0.392 e. The van der Waals surface area contributed by atoms with E-state index in [0.29, 0.717) is 17.7 Å². The van der Waals surface area contributed by atoms with Gasteiger partial charge in [-0.15, -0.1) is 0 Å². The molecule has 0 aromatic heterocycles. The lowest BCUT2D eigenvalue weighted by Crippen LogP contribution is -2.32. The fourth-order valence-corrected chi connectivity index (χ4v) is 1.39. The van der Waals surface area contributed by atoms with E-state index in [-0.39, 0.29) is 5.91 Å². The molecule has 0 saturated heterocycles. The van der Waals surface area contributed by atoms with Gasteiger partial charge in [0.25, 0.3) is 5.91 Å². The summed E-state index contributed by atoms with van der Waals surface area (Å²) in [5.74, 6) is -0.162. The molecule has 4 nitrogen and oxygen atoms in total. The standard InChI is InChI=1S/C12H14N2O2/c1-9(15)8-14(2)12(16)11-5-3-10(7-13)4-6-11/h3-6,9,15H,8H2,1-2H3. The highest BCUT2D eigenvalue weighted by Gasteiger charge is 2.12. The zero-order chi connectivity index (χ0) is 12.1. The van der Waals surface area contributed by atoms with Crippen molar-refractivity contribution in [2.75, 3.05) is 13.6 Å². The molecule has 84 valence electrons. The zero-order valence-electron chi connectivity index (χ0n) is 9.34. The van der Waals surface area contributed by atoms with Gasteiger partial charge in [0.05, 0.1) is 17.7 Å². The molecule has 0 aliphatic carbocycles. The van der Waals surface area contributed by atoms with Crippen LogP contribution in [0.4, 0.5) is 0 Å². The molecule has 0 radical (unpaired) electrons. The Balaban J connectivity index is 2.77. The molecule has 0 bridgehead atoms. The fourth-order valence-electron chi connectivity index (χ4n) is 1.39. The summed E-state index contributed by atoms with van der Waals surface area (Å²) in [6.45, 7) is 1.92. The maximum absolute atomic E-state index is 11.8. The van der Waals surface area contributed by atoms with Gasteiger partial charge in [-0.25, -0.2) is 0 Å². The third-order valence-corrected chi connectivity index (χ3v) is 2.15. The first-order chi connectivity index (χ1) is 7.54. The molecule has 1 unspecified atom stereocenters. The Morgan fingerprint density at radius 3 is 2.50 bits per heavy atom. The van der Waals surface area contributed by atoms with E-state index >= 15 is 0 Å². The smallest absolute Gasteiger partial charge is 0.253 e. The van der Waals surface area contributed by atoms with Gasteiger partial charge < -0.3 is 10.0 Å². The van der Waals surface area contributed by atoms with E-state index in [9.17, 15) is 4.79 Å². The van der Waals surface area contributed by atoms with Gasteiger partial charge in [-0.3, -0.25) is 4.79 Å². The van der Waals surface area contributed by atoms with Crippen molar-refractivity contribution in [2.45, 2.75) is 13.0 Å². The minimum atomic E-state index is -0.549. The van der Waals surface area contributed by atoms with Crippen LogP contribution in [0.2, 0.25) is 0 Å². The number of carbonyl (C=O) groups excluding carboxylic acids is 1. The van der Waals surface area contributed by atoms with Crippen LogP contribution in [0.5, 0.6) is 0 Å². The molecule has 0 fully saturated rings. The average Bonchev–Trinajstić information content (AvgIpc) is 2.27. The van der Waals surface area contributed by atoms with Crippen molar-refractivity contribution in [1.82, 2.24) is 4.90 Å². The predicted octanol–water partition coefficient (Wildman–Crippen LogP) is 1.01. The molecular weight excluding hydrogens is 204 g/mol. The Hall–Kier alpha value is -1.86. The SMILES string of the molecule is CC(O)CN(C)C(=O)c1ccc(C#N)cc1. The van der Waals surface area contributed by atoms with E-state index in [1.165, 1.54) is 4.90 Å². The van der Waals surface area contributed by atoms with Gasteiger partial charge in [-0.2, -0.15) is 5.26 Å². The van der Waals surface area contributed by atoms with Gasteiger partial charge in [0.15, 0.2) is 0 Å². The maximum Gasteiger partial charge on any atom is 0.253 e. The van der Waals surface area contributed by atoms with Crippen LogP contribution in [0.3, 0.4) is 0 Å². The van der Waals surface area contributed by atoms with Crippen LogP contribution < -0.4 is 0 Å². The third-order valence-electron chi connectivity index (χ3n) is 2.15. The molecule has 1 aromatic carbocycles. The number of benzene rings is 1. The molecule has 0 spiro atoms. The topological polar surface area (TPSA) is 64.3 Å². The molecule has 1 atom stereocenters. The van der Waals surface area contributed by atoms with E-state index in [1.54, 1.807) is 38.2 Å². The van der Waals surface area contributed by atoms with Gasteiger partial charge in [0.1, 0.15) is 0 Å². The first kappa shape index (κ1) is 12.2.